The molecule has 4 rings (SSSR count). The molecule has 8 heteroatoms. The number of aromatic nitrogens is 3. The molecular weight excluding hydrogens is 342 g/mol. The zero-order valence-electron chi connectivity index (χ0n) is 15.4. The van der Waals surface area contributed by atoms with Crippen LogP contribution in [0, 0.1) is 0 Å². The van der Waals surface area contributed by atoms with Crippen LogP contribution in [0.5, 0.6) is 0 Å². The van der Waals surface area contributed by atoms with Gasteiger partial charge >= 0.3 is 0 Å². The number of anilines is 4. The maximum absolute atomic E-state index is 9.32. The van der Waals surface area contributed by atoms with E-state index in [4.69, 9.17) is 0 Å². The SMILES string of the molecule is CC(CO)Nc1nc(Nc2ccc(N3CCNCC3)cc2)nc2[nH]ccc12. The maximum atomic E-state index is 9.32. The van der Waals surface area contributed by atoms with Crippen molar-refractivity contribution in [2.24, 2.45) is 0 Å². The first-order chi connectivity index (χ1) is 13.2. The summed E-state index contributed by atoms with van der Waals surface area (Å²) in [4.78, 5) is 14.6. The van der Waals surface area contributed by atoms with Crippen LogP contribution in [0.15, 0.2) is 36.5 Å². The summed E-state index contributed by atoms with van der Waals surface area (Å²) < 4.78 is 0. The molecule has 27 heavy (non-hydrogen) atoms. The van der Waals surface area contributed by atoms with Gasteiger partial charge in [0.25, 0.3) is 0 Å². The van der Waals surface area contributed by atoms with Crippen LogP contribution >= 0.6 is 0 Å². The maximum Gasteiger partial charge on any atom is 0.231 e. The third-order valence-electron chi connectivity index (χ3n) is 4.68. The van der Waals surface area contributed by atoms with Gasteiger partial charge in [0, 0.05) is 49.8 Å². The molecule has 0 aliphatic carbocycles. The number of nitrogens with one attached hydrogen (secondary N) is 4. The summed E-state index contributed by atoms with van der Waals surface area (Å²) >= 11 is 0. The van der Waals surface area contributed by atoms with Gasteiger partial charge in [-0.3, -0.25) is 0 Å². The Morgan fingerprint density at radius 1 is 1.15 bits per heavy atom. The molecule has 5 N–H and O–H groups in total. The van der Waals surface area contributed by atoms with Crippen molar-refractivity contribution in [3.05, 3.63) is 36.5 Å². The fourth-order valence-electron chi connectivity index (χ4n) is 3.19. The summed E-state index contributed by atoms with van der Waals surface area (Å²) in [5, 5.41) is 20.1. The number of piperazine rings is 1. The van der Waals surface area contributed by atoms with Crippen molar-refractivity contribution in [2.45, 2.75) is 13.0 Å². The Balaban J connectivity index is 1.54. The predicted octanol–water partition coefficient (Wildman–Crippen LogP) is 1.90. The van der Waals surface area contributed by atoms with Crippen LogP contribution in [0.4, 0.5) is 23.1 Å². The number of fused-ring (bicyclic) bond motifs is 1. The molecule has 1 saturated heterocycles. The van der Waals surface area contributed by atoms with Gasteiger partial charge < -0.3 is 30.9 Å². The van der Waals surface area contributed by atoms with E-state index in [2.05, 4.69) is 47.9 Å². The van der Waals surface area contributed by atoms with E-state index >= 15 is 0 Å². The molecule has 142 valence electrons. The first kappa shape index (κ1) is 17.6. The summed E-state index contributed by atoms with van der Waals surface area (Å²) in [6.45, 7) is 6.03. The molecule has 0 bridgehead atoms. The number of rotatable bonds is 6. The zero-order valence-corrected chi connectivity index (χ0v) is 15.4. The first-order valence-corrected chi connectivity index (χ1v) is 9.28. The molecule has 1 aliphatic rings. The standard InChI is InChI=1S/C19H25N7O/c1-13(12-27)22-18-16-6-7-21-17(16)24-19(25-18)23-14-2-4-15(5-3-14)26-10-8-20-9-11-26/h2-7,13,20,27H,8-12H2,1H3,(H3,21,22,23,24,25). The molecule has 8 nitrogen and oxygen atoms in total. The Bertz CT molecular complexity index is 887. The van der Waals surface area contributed by atoms with Crippen LogP contribution in [0.25, 0.3) is 11.0 Å². The number of aromatic amines is 1. The fourth-order valence-corrected chi connectivity index (χ4v) is 3.19. The number of benzene rings is 1. The third-order valence-corrected chi connectivity index (χ3v) is 4.68. The number of nitrogens with zero attached hydrogens (tertiary/aromatic N) is 3. The fraction of sp³-hybridized carbons (Fsp3) is 0.368. The Kier molecular flexibility index (Phi) is 5.08. The summed E-state index contributed by atoms with van der Waals surface area (Å²) in [7, 11) is 0. The highest BCUT2D eigenvalue weighted by molar-refractivity contribution is 5.88. The van der Waals surface area contributed by atoms with E-state index in [1.807, 2.05) is 31.3 Å². The van der Waals surface area contributed by atoms with Gasteiger partial charge in [-0.2, -0.15) is 9.97 Å². The van der Waals surface area contributed by atoms with Gasteiger partial charge in [0.05, 0.1) is 12.0 Å². The minimum atomic E-state index is -0.0934. The number of hydrogen-bond donors (Lipinski definition) is 5. The molecule has 0 amide bonds. The molecule has 3 heterocycles. The normalized spacial score (nSPS) is 15.7. The second kappa shape index (κ2) is 7.81. The van der Waals surface area contributed by atoms with Crippen molar-refractivity contribution in [2.75, 3.05) is 48.3 Å². The summed E-state index contributed by atoms with van der Waals surface area (Å²) in [6, 6.07) is 10.2. The molecule has 1 aromatic carbocycles. The Morgan fingerprint density at radius 3 is 2.67 bits per heavy atom. The van der Waals surface area contributed by atoms with Gasteiger partial charge in [0.1, 0.15) is 11.5 Å². The first-order valence-electron chi connectivity index (χ1n) is 9.28. The van der Waals surface area contributed by atoms with Crippen molar-refractivity contribution in [1.82, 2.24) is 20.3 Å². The lowest BCUT2D eigenvalue weighted by Crippen LogP contribution is -2.43. The highest BCUT2D eigenvalue weighted by atomic mass is 16.3. The quantitative estimate of drug-likeness (QED) is 0.454. The van der Waals surface area contributed by atoms with E-state index in [0.29, 0.717) is 11.8 Å². The summed E-state index contributed by atoms with van der Waals surface area (Å²) in [5.41, 5.74) is 2.90. The van der Waals surface area contributed by atoms with Crippen molar-refractivity contribution in [3.63, 3.8) is 0 Å². The highest BCUT2D eigenvalue weighted by Gasteiger charge is 2.12. The van der Waals surface area contributed by atoms with Crippen molar-refractivity contribution in [3.8, 4) is 0 Å². The van der Waals surface area contributed by atoms with Gasteiger partial charge in [-0.1, -0.05) is 0 Å². The molecule has 1 atom stereocenters. The minimum absolute atomic E-state index is 0.0339. The van der Waals surface area contributed by atoms with Crippen LogP contribution < -0.4 is 20.9 Å². The molecule has 0 spiro atoms. The largest absolute Gasteiger partial charge is 0.394 e. The van der Waals surface area contributed by atoms with Crippen LogP contribution in [-0.4, -0.2) is 58.9 Å². The van der Waals surface area contributed by atoms with E-state index in [9.17, 15) is 5.11 Å². The van der Waals surface area contributed by atoms with Crippen molar-refractivity contribution >= 4 is 34.2 Å². The molecule has 0 saturated carbocycles. The number of H-pyrrole nitrogens is 1. The van der Waals surface area contributed by atoms with E-state index in [0.717, 1.165) is 42.9 Å². The smallest absolute Gasteiger partial charge is 0.231 e. The van der Waals surface area contributed by atoms with Gasteiger partial charge in [0.2, 0.25) is 5.95 Å². The average Bonchev–Trinajstić information content (AvgIpc) is 3.18. The second-order valence-corrected chi connectivity index (χ2v) is 6.77. The van der Waals surface area contributed by atoms with Gasteiger partial charge in [0.15, 0.2) is 0 Å². The third kappa shape index (κ3) is 3.96. The van der Waals surface area contributed by atoms with Gasteiger partial charge in [-0.25, -0.2) is 0 Å². The second-order valence-electron chi connectivity index (χ2n) is 6.77. The number of aliphatic hydroxyl groups excluding tert-OH is 1. The highest BCUT2D eigenvalue weighted by Crippen LogP contribution is 2.25. The summed E-state index contributed by atoms with van der Waals surface area (Å²) in [6.07, 6.45) is 1.83. The zero-order chi connectivity index (χ0) is 18.6. The molecule has 1 fully saturated rings. The molecule has 1 aliphatic heterocycles. The Morgan fingerprint density at radius 2 is 1.93 bits per heavy atom. The van der Waals surface area contributed by atoms with E-state index in [1.54, 1.807) is 0 Å². The Labute approximate surface area is 158 Å². The van der Waals surface area contributed by atoms with Crippen LogP contribution in [0.1, 0.15) is 6.92 Å². The molecule has 3 aromatic rings. The van der Waals surface area contributed by atoms with Crippen LogP contribution in [-0.2, 0) is 0 Å². The van der Waals surface area contributed by atoms with Gasteiger partial charge in [-0.15, -0.1) is 0 Å². The monoisotopic (exact) mass is 367 g/mol. The predicted molar refractivity (Wildman–Crippen MR) is 109 cm³/mol. The van der Waals surface area contributed by atoms with Gasteiger partial charge in [-0.05, 0) is 37.3 Å². The molecule has 0 radical (unpaired) electrons. The topological polar surface area (TPSA) is 101 Å². The molecule has 2 aromatic heterocycles. The lowest BCUT2D eigenvalue weighted by molar-refractivity contribution is 0.281. The number of hydrogen-bond acceptors (Lipinski definition) is 7. The van der Waals surface area contributed by atoms with Crippen LogP contribution in [0.2, 0.25) is 0 Å². The minimum Gasteiger partial charge on any atom is -0.394 e. The average molecular weight is 367 g/mol. The lowest BCUT2D eigenvalue weighted by Gasteiger charge is -2.29. The lowest BCUT2D eigenvalue weighted by atomic mass is 10.2. The number of aliphatic hydroxyl groups is 1. The van der Waals surface area contributed by atoms with Crippen molar-refractivity contribution in [1.29, 1.82) is 0 Å². The summed E-state index contributed by atoms with van der Waals surface area (Å²) in [5.74, 6) is 1.20. The van der Waals surface area contributed by atoms with Crippen LogP contribution in [0.3, 0.4) is 0 Å². The van der Waals surface area contributed by atoms with E-state index < -0.39 is 0 Å². The van der Waals surface area contributed by atoms with E-state index in [-0.39, 0.29) is 12.6 Å². The molecular formula is C19H25N7O. The molecule has 1 unspecified atom stereocenters. The van der Waals surface area contributed by atoms with E-state index in [1.165, 1.54) is 5.69 Å². The van der Waals surface area contributed by atoms with Crippen molar-refractivity contribution < 1.29 is 5.11 Å². The Hall–Kier alpha value is -2.84.